The average molecular weight is 480 g/mol. The molecule has 1 aliphatic heterocycles. The molecule has 4 aromatic rings. The topological polar surface area (TPSA) is 85.3 Å². The van der Waals surface area contributed by atoms with Crippen molar-refractivity contribution in [3.05, 3.63) is 76.7 Å². The van der Waals surface area contributed by atoms with E-state index in [9.17, 15) is 4.79 Å². The Kier molecular flexibility index (Phi) is 6.51. The van der Waals surface area contributed by atoms with Crippen LogP contribution in [0.25, 0.3) is 11.0 Å². The van der Waals surface area contributed by atoms with Gasteiger partial charge in [0.15, 0.2) is 0 Å². The summed E-state index contributed by atoms with van der Waals surface area (Å²) in [5.41, 5.74) is 3.26. The van der Waals surface area contributed by atoms with Gasteiger partial charge >= 0.3 is 5.97 Å². The molecule has 176 valence electrons. The normalized spacial score (nSPS) is 15.0. The first-order chi connectivity index (χ1) is 16.6. The number of carbonyl (C=O) groups is 1. The number of rotatable bonds is 7. The predicted molar refractivity (Wildman–Crippen MR) is 129 cm³/mol. The minimum atomic E-state index is -0.350. The molecule has 3 heterocycles. The monoisotopic (exact) mass is 479 g/mol. The lowest BCUT2D eigenvalue weighted by Crippen LogP contribution is -2.34. The van der Waals surface area contributed by atoms with Crippen molar-refractivity contribution in [1.29, 1.82) is 0 Å². The number of nitrogens with zero attached hydrogens (tertiary/aromatic N) is 4. The third-order valence-corrected chi connectivity index (χ3v) is 6.39. The second kappa shape index (κ2) is 9.87. The summed E-state index contributed by atoms with van der Waals surface area (Å²) < 4.78 is 12.7. The lowest BCUT2D eigenvalue weighted by atomic mass is 10.1. The van der Waals surface area contributed by atoms with Crippen LogP contribution in [0.3, 0.4) is 0 Å². The van der Waals surface area contributed by atoms with E-state index in [-0.39, 0.29) is 5.97 Å². The summed E-state index contributed by atoms with van der Waals surface area (Å²) in [5.74, 6) is 1.18. The third kappa shape index (κ3) is 5.08. The number of likely N-dealkylation sites (tertiary alicyclic amines) is 1. The molecule has 1 fully saturated rings. The van der Waals surface area contributed by atoms with Crippen LogP contribution in [-0.4, -0.2) is 50.8 Å². The molecule has 9 heteroatoms. The molecule has 0 radical (unpaired) electrons. The van der Waals surface area contributed by atoms with Crippen LogP contribution in [0, 0.1) is 0 Å². The van der Waals surface area contributed by atoms with Gasteiger partial charge in [0.05, 0.1) is 36.3 Å². The number of aromatic amines is 1. The fourth-order valence-electron chi connectivity index (χ4n) is 4.27. The Hall–Kier alpha value is -3.36. The van der Waals surface area contributed by atoms with E-state index < -0.39 is 0 Å². The molecule has 0 bridgehead atoms. The maximum Gasteiger partial charge on any atom is 0.337 e. The van der Waals surface area contributed by atoms with Crippen molar-refractivity contribution in [2.45, 2.75) is 32.0 Å². The number of hydrogen-bond donors (Lipinski definition) is 1. The van der Waals surface area contributed by atoms with Crippen molar-refractivity contribution in [1.82, 2.24) is 24.6 Å². The summed E-state index contributed by atoms with van der Waals surface area (Å²) in [6.07, 6.45) is 4.01. The third-order valence-electron chi connectivity index (χ3n) is 6.14. The first-order valence-corrected chi connectivity index (χ1v) is 11.7. The molecule has 1 aliphatic rings. The van der Waals surface area contributed by atoms with Crippen molar-refractivity contribution in [2.24, 2.45) is 0 Å². The number of methoxy groups -OCH3 is 1. The number of benzene rings is 2. The van der Waals surface area contributed by atoms with Gasteiger partial charge in [-0.05, 0) is 48.7 Å². The molecule has 34 heavy (non-hydrogen) atoms. The number of nitrogens with one attached hydrogen (secondary N) is 1. The van der Waals surface area contributed by atoms with Crippen molar-refractivity contribution in [3.63, 3.8) is 0 Å². The fraction of sp³-hybridized carbons (Fsp3) is 0.320. The van der Waals surface area contributed by atoms with E-state index >= 15 is 0 Å². The van der Waals surface area contributed by atoms with Crippen molar-refractivity contribution in [2.75, 3.05) is 20.2 Å². The van der Waals surface area contributed by atoms with Gasteiger partial charge in [0, 0.05) is 30.4 Å². The zero-order valence-electron chi connectivity index (χ0n) is 18.9. The minimum absolute atomic E-state index is 0.349. The summed E-state index contributed by atoms with van der Waals surface area (Å²) in [6, 6.07) is 15.3. The molecule has 0 atom stereocenters. The first-order valence-electron chi connectivity index (χ1n) is 11.3. The number of halogens is 1. The standard InChI is InChI=1S/C25H26ClN5O3/c1-33-25(32)18-4-7-21-22(14-18)28-23(27-21)15-30-11-8-20(9-12-30)31-13-10-24(29-31)34-16-17-2-5-19(26)6-3-17/h2-7,10,13-14,20H,8-9,11-12,15-16H2,1H3,(H,27,28). The number of aromatic nitrogens is 4. The Morgan fingerprint density at radius 3 is 2.71 bits per heavy atom. The number of hydrogen-bond acceptors (Lipinski definition) is 6. The van der Waals surface area contributed by atoms with Gasteiger partial charge in [0.2, 0.25) is 5.88 Å². The summed E-state index contributed by atoms with van der Waals surface area (Å²) in [4.78, 5) is 22.2. The maximum absolute atomic E-state index is 11.8. The van der Waals surface area contributed by atoms with Gasteiger partial charge in [-0.3, -0.25) is 9.58 Å². The van der Waals surface area contributed by atoms with Gasteiger partial charge in [0.25, 0.3) is 0 Å². The number of esters is 1. The van der Waals surface area contributed by atoms with Gasteiger partial charge < -0.3 is 14.5 Å². The van der Waals surface area contributed by atoms with Gasteiger partial charge in [-0.25, -0.2) is 9.78 Å². The summed E-state index contributed by atoms with van der Waals surface area (Å²) in [5, 5.41) is 5.34. The predicted octanol–water partition coefficient (Wildman–Crippen LogP) is 4.62. The summed E-state index contributed by atoms with van der Waals surface area (Å²) in [6.45, 7) is 3.11. The molecule has 0 spiro atoms. The molecule has 2 aromatic carbocycles. The molecular formula is C25H26ClN5O3. The quantitative estimate of drug-likeness (QED) is 0.389. The van der Waals surface area contributed by atoms with Gasteiger partial charge in [0.1, 0.15) is 12.4 Å². The van der Waals surface area contributed by atoms with Crippen molar-refractivity contribution >= 4 is 28.6 Å². The number of H-pyrrole nitrogens is 1. The fourth-order valence-corrected chi connectivity index (χ4v) is 4.40. The second-order valence-electron chi connectivity index (χ2n) is 8.46. The Morgan fingerprint density at radius 2 is 1.94 bits per heavy atom. The van der Waals surface area contributed by atoms with Crippen LogP contribution in [0.4, 0.5) is 0 Å². The van der Waals surface area contributed by atoms with Gasteiger partial charge in [-0.1, -0.05) is 23.7 Å². The highest BCUT2D eigenvalue weighted by Crippen LogP contribution is 2.25. The van der Waals surface area contributed by atoms with Crippen LogP contribution in [-0.2, 0) is 17.9 Å². The molecular weight excluding hydrogens is 454 g/mol. The number of piperidine rings is 1. The van der Waals surface area contributed by atoms with E-state index in [1.165, 1.54) is 7.11 Å². The Morgan fingerprint density at radius 1 is 1.15 bits per heavy atom. The van der Waals surface area contributed by atoms with E-state index in [0.29, 0.717) is 29.1 Å². The average Bonchev–Trinajstić information content (AvgIpc) is 3.50. The highest BCUT2D eigenvalue weighted by molar-refractivity contribution is 6.30. The zero-order valence-corrected chi connectivity index (χ0v) is 19.7. The SMILES string of the molecule is COC(=O)c1ccc2nc(CN3CCC(n4ccc(OCc5ccc(Cl)cc5)n4)CC3)[nH]c2c1. The van der Waals surface area contributed by atoms with Gasteiger partial charge in [-0.2, -0.15) is 0 Å². The van der Waals surface area contributed by atoms with E-state index in [4.69, 9.17) is 21.1 Å². The number of ether oxygens (including phenoxy) is 2. The molecule has 5 rings (SSSR count). The molecule has 0 saturated carbocycles. The van der Waals surface area contributed by atoms with E-state index in [1.54, 1.807) is 12.1 Å². The molecule has 0 aliphatic carbocycles. The number of carbonyl (C=O) groups excluding carboxylic acids is 1. The van der Waals surface area contributed by atoms with E-state index in [1.807, 2.05) is 47.3 Å². The van der Waals surface area contributed by atoms with Crippen LogP contribution in [0.5, 0.6) is 5.88 Å². The Balaban J connectivity index is 1.14. The van der Waals surface area contributed by atoms with Crippen LogP contribution in [0.15, 0.2) is 54.7 Å². The van der Waals surface area contributed by atoms with E-state index in [2.05, 4.69) is 20.0 Å². The number of fused-ring (bicyclic) bond motifs is 1. The smallest absolute Gasteiger partial charge is 0.337 e. The molecule has 0 amide bonds. The molecule has 0 unspecified atom stereocenters. The first kappa shape index (κ1) is 22.4. The largest absolute Gasteiger partial charge is 0.472 e. The summed E-state index contributed by atoms with van der Waals surface area (Å²) >= 11 is 5.93. The molecule has 2 aromatic heterocycles. The lowest BCUT2D eigenvalue weighted by Gasteiger charge is -2.31. The number of imidazole rings is 1. The Labute approximate surface area is 202 Å². The molecule has 8 nitrogen and oxygen atoms in total. The lowest BCUT2D eigenvalue weighted by molar-refractivity contribution is 0.0601. The second-order valence-corrected chi connectivity index (χ2v) is 8.90. The van der Waals surface area contributed by atoms with E-state index in [0.717, 1.165) is 54.9 Å². The highest BCUT2D eigenvalue weighted by atomic mass is 35.5. The summed E-state index contributed by atoms with van der Waals surface area (Å²) in [7, 11) is 1.38. The van der Waals surface area contributed by atoms with Crippen LogP contribution >= 0.6 is 11.6 Å². The zero-order chi connectivity index (χ0) is 23.5. The van der Waals surface area contributed by atoms with Crippen molar-refractivity contribution < 1.29 is 14.3 Å². The van der Waals surface area contributed by atoms with Crippen LogP contribution < -0.4 is 4.74 Å². The molecule has 1 saturated heterocycles. The maximum atomic E-state index is 11.8. The van der Waals surface area contributed by atoms with Crippen LogP contribution in [0.2, 0.25) is 5.02 Å². The van der Waals surface area contributed by atoms with Crippen LogP contribution in [0.1, 0.15) is 40.6 Å². The Bertz CT molecular complexity index is 1280. The van der Waals surface area contributed by atoms with Gasteiger partial charge in [-0.15, -0.1) is 5.10 Å². The molecule has 1 N–H and O–H groups in total. The highest BCUT2D eigenvalue weighted by Gasteiger charge is 2.22. The van der Waals surface area contributed by atoms with Crippen molar-refractivity contribution in [3.8, 4) is 5.88 Å². The minimum Gasteiger partial charge on any atom is -0.472 e.